The average Bonchev–Trinajstić information content (AvgIpc) is 2.54. The number of carbonyl (C=O) groups is 2. The van der Waals surface area contributed by atoms with Crippen LogP contribution in [0.5, 0.6) is 0 Å². The number of amides is 2. The van der Waals surface area contributed by atoms with Gasteiger partial charge in [0.1, 0.15) is 0 Å². The van der Waals surface area contributed by atoms with Crippen molar-refractivity contribution in [1.82, 2.24) is 15.1 Å². The minimum Gasteiger partial charge on any atom is -0.353 e. The van der Waals surface area contributed by atoms with E-state index in [-0.39, 0.29) is 30.3 Å². The van der Waals surface area contributed by atoms with Crippen LogP contribution in [0.2, 0.25) is 0 Å². The minimum absolute atomic E-state index is 0.0317. The quantitative estimate of drug-likeness (QED) is 0.867. The number of benzene rings is 1. The number of aryl methyl sites for hydroxylation is 1. The van der Waals surface area contributed by atoms with Crippen LogP contribution in [-0.2, 0) is 16.1 Å². The molecule has 0 aliphatic carbocycles. The largest absolute Gasteiger partial charge is 0.353 e. The highest BCUT2D eigenvalue weighted by Gasteiger charge is 2.32. The summed E-state index contributed by atoms with van der Waals surface area (Å²) in [5.41, 5.74) is 2.31. The van der Waals surface area contributed by atoms with Gasteiger partial charge in [-0.05, 0) is 32.9 Å². The van der Waals surface area contributed by atoms with E-state index in [0.717, 1.165) is 18.7 Å². The van der Waals surface area contributed by atoms with Gasteiger partial charge in [-0.2, -0.15) is 0 Å². The lowest BCUT2D eigenvalue weighted by Gasteiger charge is -2.35. The van der Waals surface area contributed by atoms with Crippen LogP contribution in [0.15, 0.2) is 24.3 Å². The molecule has 0 saturated carbocycles. The van der Waals surface area contributed by atoms with Gasteiger partial charge in [0.25, 0.3) is 0 Å². The Morgan fingerprint density at radius 3 is 2.79 bits per heavy atom. The van der Waals surface area contributed by atoms with E-state index in [9.17, 15) is 9.59 Å². The van der Waals surface area contributed by atoms with Crippen molar-refractivity contribution in [2.24, 2.45) is 0 Å². The van der Waals surface area contributed by atoms with Crippen LogP contribution < -0.4 is 5.32 Å². The summed E-state index contributed by atoms with van der Waals surface area (Å²) in [6.07, 6.45) is 0.240. The number of piperazine rings is 1. The van der Waals surface area contributed by atoms with Crippen molar-refractivity contribution >= 4 is 11.8 Å². The second kappa shape index (κ2) is 8.29. The number of likely N-dealkylation sites (N-methyl/N-ethyl adjacent to an activating group) is 1. The molecule has 1 heterocycles. The molecule has 1 saturated heterocycles. The van der Waals surface area contributed by atoms with Crippen molar-refractivity contribution in [3.8, 4) is 0 Å². The summed E-state index contributed by atoms with van der Waals surface area (Å²) in [6.45, 7) is 11.0. The second-order valence-electron chi connectivity index (χ2n) is 6.74. The lowest BCUT2D eigenvalue weighted by Crippen LogP contribution is -2.56. The summed E-state index contributed by atoms with van der Waals surface area (Å²) < 4.78 is 0. The smallest absolute Gasteiger partial charge is 0.237 e. The Morgan fingerprint density at radius 1 is 1.42 bits per heavy atom. The average molecular weight is 331 g/mol. The van der Waals surface area contributed by atoms with Gasteiger partial charge >= 0.3 is 0 Å². The molecule has 1 aromatic rings. The highest BCUT2D eigenvalue weighted by molar-refractivity contribution is 5.89. The number of hydrogen-bond acceptors (Lipinski definition) is 3. The molecule has 0 radical (unpaired) electrons. The van der Waals surface area contributed by atoms with E-state index in [4.69, 9.17) is 0 Å². The Balaban J connectivity index is 2.09. The zero-order valence-electron chi connectivity index (χ0n) is 15.2. The highest BCUT2D eigenvalue weighted by Crippen LogP contribution is 2.15. The monoisotopic (exact) mass is 331 g/mol. The SMILES string of the molecule is CCN1CCNC(=O)[C@H]1CC(=O)N(Cc1cccc(C)c1)C(C)C. The lowest BCUT2D eigenvalue weighted by molar-refractivity contribution is -0.140. The maximum atomic E-state index is 12.9. The molecule has 0 aromatic heterocycles. The van der Waals surface area contributed by atoms with Crippen molar-refractivity contribution in [2.75, 3.05) is 19.6 Å². The first-order chi connectivity index (χ1) is 11.4. The van der Waals surface area contributed by atoms with E-state index < -0.39 is 0 Å². The molecule has 1 aliphatic heterocycles. The van der Waals surface area contributed by atoms with Crippen LogP contribution in [0.1, 0.15) is 38.3 Å². The highest BCUT2D eigenvalue weighted by atomic mass is 16.2. The molecule has 0 spiro atoms. The fourth-order valence-corrected chi connectivity index (χ4v) is 3.21. The van der Waals surface area contributed by atoms with Crippen LogP contribution in [0, 0.1) is 6.92 Å². The molecular weight excluding hydrogens is 302 g/mol. The fraction of sp³-hybridized carbons (Fsp3) is 0.579. The molecule has 1 fully saturated rings. The van der Waals surface area contributed by atoms with Gasteiger partial charge in [0.05, 0.1) is 12.5 Å². The molecule has 0 unspecified atom stereocenters. The van der Waals surface area contributed by atoms with Crippen LogP contribution >= 0.6 is 0 Å². The summed E-state index contributed by atoms with van der Waals surface area (Å²) in [4.78, 5) is 29.0. The van der Waals surface area contributed by atoms with Gasteiger partial charge in [0.2, 0.25) is 11.8 Å². The van der Waals surface area contributed by atoms with Crippen LogP contribution in [0.4, 0.5) is 0 Å². The zero-order valence-corrected chi connectivity index (χ0v) is 15.2. The molecule has 2 rings (SSSR count). The van der Waals surface area contributed by atoms with Crippen LogP contribution in [0.3, 0.4) is 0 Å². The standard InChI is InChI=1S/C19H29N3O2/c1-5-21-10-9-20-19(24)17(21)12-18(23)22(14(2)3)13-16-8-6-7-15(4)11-16/h6-8,11,14,17H,5,9-10,12-13H2,1-4H3,(H,20,24)/t17-/m1/s1. The van der Waals surface area contributed by atoms with Gasteiger partial charge in [0.15, 0.2) is 0 Å². The minimum atomic E-state index is -0.352. The summed E-state index contributed by atoms with van der Waals surface area (Å²) in [5.74, 6) is 0.00252. The van der Waals surface area contributed by atoms with E-state index in [1.807, 2.05) is 37.8 Å². The number of rotatable bonds is 6. The number of nitrogens with one attached hydrogen (secondary N) is 1. The Morgan fingerprint density at radius 2 is 2.17 bits per heavy atom. The van der Waals surface area contributed by atoms with Gasteiger partial charge < -0.3 is 10.2 Å². The van der Waals surface area contributed by atoms with Gasteiger partial charge in [-0.15, -0.1) is 0 Å². The van der Waals surface area contributed by atoms with E-state index in [1.165, 1.54) is 5.56 Å². The molecule has 24 heavy (non-hydrogen) atoms. The summed E-state index contributed by atoms with van der Waals surface area (Å²) >= 11 is 0. The maximum Gasteiger partial charge on any atom is 0.237 e. The number of nitrogens with zero attached hydrogens (tertiary/aromatic N) is 2. The summed E-state index contributed by atoms with van der Waals surface area (Å²) in [6, 6.07) is 7.96. The third-order valence-electron chi connectivity index (χ3n) is 4.59. The molecule has 5 nitrogen and oxygen atoms in total. The Labute approximate surface area is 145 Å². The molecule has 1 aliphatic rings. The topological polar surface area (TPSA) is 52.7 Å². The molecule has 5 heteroatoms. The molecule has 1 N–H and O–H groups in total. The van der Waals surface area contributed by atoms with Crippen molar-refractivity contribution < 1.29 is 9.59 Å². The van der Waals surface area contributed by atoms with Crippen molar-refractivity contribution in [3.63, 3.8) is 0 Å². The Hall–Kier alpha value is -1.88. The Kier molecular flexibility index (Phi) is 6.37. The number of hydrogen-bond donors (Lipinski definition) is 1. The van der Waals surface area contributed by atoms with Gasteiger partial charge in [0, 0.05) is 25.7 Å². The van der Waals surface area contributed by atoms with E-state index >= 15 is 0 Å². The van der Waals surface area contributed by atoms with Gasteiger partial charge in [-0.25, -0.2) is 0 Å². The molecule has 1 aromatic carbocycles. The van der Waals surface area contributed by atoms with E-state index in [2.05, 4.69) is 29.3 Å². The van der Waals surface area contributed by atoms with Gasteiger partial charge in [-0.3, -0.25) is 14.5 Å². The predicted molar refractivity (Wildman–Crippen MR) is 95.5 cm³/mol. The van der Waals surface area contributed by atoms with Crippen molar-refractivity contribution in [3.05, 3.63) is 35.4 Å². The lowest BCUT2D eigenvalue weighted by atomic mass is 10.1. The maximum absolute atomic E-state index is 12.9. The first kappa shape index (κ1) is 18.5. The molecular formula is C19H29N3O2. The first-order valence-corrected chi connectivity index (χ1v) is 8.79. The van der Waals surface area contributed by atoms with Crippen LogP contribution in [-0.4, -0.2) is 53.3 Å². The second-order valence-corrected chi connectivity index (χ2v) is 6.74. The molecule has 2 amide bonds. The Bertz CT molecular complexity index is 586. The predicted octanol–water partition coefficient (Wildman–Crippen LogP) is 1.94. The molecule has 1 atom stereocenters. The zero-order chi connectivity index (χ0) is 17.7. The number of carbonyl (C=O) groups excluding carboxylic acids is 2. The first-order valence-electron chi connectivity index (χ1n) is 8.79. The third kappa shape index (κ3) is 4.57. The molecule has 0 bridgehead atoms. The third-order valence-corrected chi connectivity index (χ3v) is 4.59. The van der Waals surface area contributed by atoms with Gasteiger partial charge in [-0.1, -0.05) is 36.8 Å². The normalized spacial score (nSPS) is 18.5. The van der Waals surface area contributed by atoms with Crippen molar-refractivity contribution in [2.45, 2.75) is 52.7 Å². The summed E-state index contributed by atoms with van der Waals surface area (Å²) in [5, 5.41) is 2.88. The summed E-state index contributed by atoms with van der Waals surface area (Å²) in [7, 11) is 0. The van der Waals surface area contributed by atoms with Crippen LogP contribution in [0.25, 0.3) is 0 Å². The van der Waals surface area contributed by atoms with Crippen molar-refractivity contribution in [1.29, 1.82) is 0 Å². The van der Waals surface area contributed by atoms with E-state index in [1.54, 1.807) is 0 Å². The molecule has 132 valence electrons. The van der Waals surface area contributed by atoms with E-state index in [0.29, 0.717) is 13.1 Å². The fourth-order valence-electron chi connectivity index (χ4n) is 3.21.